The van der Waals surface area contributed by atoms with Gasteiger partial charge < -0.3 is 14.5 Å². The van der Waals surface area contributed by atoms with Gasteiger partial charge in [-0.1, -0.05) is 5.16 Å². The Morgan fingerprint density at radius 2 is 2.32 bits per heavy atom. The van der Waals surface area contributed by atoms with Gasteiger partial charge in [-0.3, -0.25) is 4.79 Å². The Hall–Kier alpha value is -1.36. The molecule has 5 heteroatoms. The monoisotopic (exact) mass is 266 g/mol. The largest absolute Gasteiger partial charge is 0.393 e. The number of hydrogen-bond donors (Lipinski definition) is 1. The van der Waals surface area contributed by atoms with Crippen molar-refractivity contribution >= 4 is 5.91 Å². The number of hydrogen-bond acceptors (Lipinski definition) is 4. The molecule has 1 aromatic heterocycles. The highest BCUT2D eigenvalue weighted by atomic mass is 16.5. The number of rotatable bonds is 4. The van der Waals surface area contributed by atoms with Crippen molar-refractivity contribution in [3.05, 3.63) is 17.0 Å². The fraction of sp³-hybridized carbons (Fsp3) is 0.714. The molecule has 1 aliphatic rings. The Labute approximate surface area is 113 Å². The van der Waals surface area contributed by atoms with Crippen LogP contribution in [0.15, 0.2) is 4.52 Å². The molecule has 0 bridgehead atoms. The predicted octanol–water partition coefficient (Wildman–Crippen LogP) is 1.60. The summed E-state index contributed by atoms with van der Waals surface area (Å²) in [4.78, 5) is 14.3. The molecule has 2 heterocycles. The van der Waals surface area contributed by atoms with Crippen molar-refractivity contribution in [1.82, 2.24) is 10.1 Å². The number of aliphatic hydroxyl groups is 1. The molecule has 2 unspecified atom stereocenters. The summed E-state index contributed by atoms with van der Waals surface area (Å²) in [6, 6.07) is 0.174. The highest BCUT2D eigenvalue weighted by Gasteiger charge is 2.30. The first kappa shape index (κ1) is 14.1. The molecule has 106 valence electrons. The zero-order valence-electron chi connectivity index (χ0n) is 11.8. The molecule has 5 nitrogen and oxygen atoms in total. The molecular formula is C14H22N2O3. The first-order valence-corrected chi connectivity index (χ1v) is 6.88. The number of aromatic nitrogens is 1. The summed E-state index contributed by atoms with van der Waals surface area (Å²) < 4.78 is 5.09. The summed E-state index contributed by atoms with van der Waals surface area (Å²) in [6.07, 6.45) is 2.64. The van der Waals surface area contributed by atoms with Crippen molar-refractivity contribution in [2.45, 2.75) is 58.6 Å². The second-order valence-corrected chi connectivity index (χ2v) is 5.45. The number of amides is 1. The lowest BCUT2D eigenvalue weighted by Gasteiger charge is -2.25. The number of nitrogens with zero attached hydrogens (tertiary/aromatic N) is 2. The first-order chi connectivity index (χ1) is 8.99. The van der Waals surface area contributed by atoms with Gasteiger partial charge in [0.15, 0.2) is 0 Å². The van der Waals surface area contributed by atoms with Crippen molar-refractivity contribution in [3.63, 3.8) is 0 Å². The third kappa shape index (κ3) is 3.15. The molecule has 1 amide bonds. The lowest BCUT2D eigenvalue weighted by atomic mass is 10.1. The van der Waals surface area contributed by atoms with E-state index in [0.717, 1.165) is 36.4 Å². The molecule has 0 aromatic carbocycles. The third-order valence-electron chi connectivity index (χ3n) is 3.82. The highest BCUT2D eigenvalue weighted by molar-refractivity contribution is 5.79. The Bertz CT molecular complexity index is 434. The molecule has 1 aromatic rings. The SMILES string of the molecule is Cc1noc(C)c1CC(=O)N1CCCC1CC(C)O. The fourth-order valence-corrected chi connectivity index (χ4v) is 2.81. The van der Waals surface area contributed by atoms with Crippen molar-refractivity contribution in [3.8, 4) is 0 Å². The van der Waals surface area contributed by atoms with E-state index in [4.69, 9.17) is 4.52 Å². The highest BCUT2D eigenvalue weighted by Crippen LogP contribution is 2.23. The zero-order chi connectivity index (χ0) is 14.0. The number of aliphatic hydroxyl groups excluding tert-OH is 1. The maximum Gasteiger partial charge on any atom is 0.227 e. The molecule has 0 saturated carbocycles. The van der Waals surface area contributed by atoms with Crippen molar-refractivity contribution < 1.29 is 14.4 Å². The van der Waals surface area contributed by atoms with E-state index in [-0.39, 0.29) is 18.1 Å². The van der Waals surface area contributed by atoms with Gasteiger partial charge in [0.1, 0.15) is 5.76 Å². The summed E-state index contributed by atoms with van der Waals surface area (Å²) in [5, 5.41) is 13.4. The van der Waals surface area contributed by atoms with Gasteiger partial charge in [-0.15, -0.1) is 0 Å². The maximum absolute atomic E-state index is 12.4. The minimum Gasteiger partial charge on any atom is -0.393 e. The normalized spacial score (nSPS) is 20.8. The quantitative estimate of drug-likeness (QED) is 0.898. The second kappa shape index (κ2) is 5.74. The van der Waals surface area contributed by atoms with Crippen LogP contribution in [0, 0.1) is 13.8 Å². The summed E-state index contributed by atoms with van der Waals surface area (Å²) in [7, 11) is 0. The number of carbonyl (C=O) groups excluding carboxylic acids is 1. The van der Waals surface area contributed by atoms with Crippen LogP contribution in [0.25, 0.3) is 0 Å². The standard InChI is InChI=1S/C14H22N2O3/c1-9(17)7-12-5-4-6-16(12)14(18)8-13-10(2)15-19-11(13)3/h9,12,17H,4-8H2,1-3H3. The van der Waals surface area contributed by atoms with E-state index in [9.17, 15) is 9.90 Å². The van der Waals surface area contributed by atoms with Crippen LogP contribution in [0.3, 0.4) is 0 Å². The van der Waals surface area contributed by atoms with Gasteiger partial charge in [-0.2, -0.15) is 0 Å². The molecule has 2 rings (SSSR count). The summed E-state index contributed by atoms with van der Waals surface area (Å²) in [5.41, 5.74) is 1.69. The third-order valence-corrected chi connectivity index (χ3v) is 3.82. The van der Waals surface area contributed by atoms with Gasteiger partial charge in [-0.05, 0) is 40.0 Å². The lowest BCUT2D eigenvalue weighted by Crippen LogP contribution is -2.38. The Kier molecular flexibility index (Phi) is 4.24. The van der Waals surface area contributed by atoms with Gasteiger partial charge in [0, 0.05) is 18.2 Å². The van der Waals surface area contributed by atoms with Gasteiger partial charge in [0.05, 0.1) is 18.2 Å². The van der Waals surface area contributed by atoms with E-state index in [0.29, 0.717) is 12.8 Å². The summed E-state index contributed by atoms with van der Waals surface area (Å²) >= 11 is 0. The average Bonchev–Trinajstić information content (AvgIpc) is 2.90. The summed E-state index contributed by atoms with van der Waals surface area (Å²) in [5.74, 6) is 0.828. The van der Waals surface area contributed by atoms with Crippen LogP contribution >= 0.6 is 0 Å². The number of likely N-dealkylation sites (tertiary alicyclic amines) is 1. The minimum absolute atomic E-state index is 0.109. The van der Waals surface area contributed by atoms with E-state index in [1.807, 2.05) is 18.7 Å². The number of aryl methyl sites for hydroxylation is 2. The van der Waals surface area contributed by atoms with E-state index < -0.39 is 0 Å². The predicted molar refractivity (Wildman–Crippen MR) is 70.7 cm³/mol. The van der Waals surface area contributed by atoms with Crippen molar-refractivity contribution in [2.24, 2.45) is 0 Å². The molecule has 1 N–H and O–H groups in total. The maximum atomic E-state index is 12.4. The van der Waals surface area contributed by atoms with Gasteiger partial charge in [-0.25, -0.2) is 0 Å². The molecule has 0 radical (unpaired) electrons. The zero-order valence-corrected chi connectivity index (χ0v) is 11.8. The van der Waals surface area contributed by atoms with Crippen LogP contribution in [-0.2, 0) is 11.2 Å². The van der Waals surface area contributed by atoms with Crippen LogP contribution in [0.5, 0.6) is 0 Å². The molecule has 19 heavy (non-hydrogen) atoms. The van der Waals surface area contributed by atoms with Crippen LogP contribution in [0.1, 0.15) is 43.2 Å². The fourth-order valence-electron chi connectivity index (χ4n) is 2.81. The van der Waals surface area contributed by atoms with Crippen LogP contribution in [0.2, 0.25) is 0 Å². The average molecular weight is 266 g/mol. The van der Waals surface area contributed by atoms with Crippen molar-refractivity contribution in [1.29, 1.82) is 0 Å². The lowest BCUT2D eigenvalue weighted by molar-refractivity contribution is -0.131. The molecule has 2 atom stereocenters. The molecule has 0 aliphatic carbocycles. The van der Waals surface area contributed by atoms with E-state index in [1.54, 1.807) is 6.92 Å². The van der Waals surface area contributed by atoms with E-state index in [2.05, 4.69) is 5.16 Å². The topological polar surface area (TPSA) is 66.6 Å². The van der Waals surface area contributed by atoms with E-state index in [1.165, 1.54) is 0 Å². The Morgan fingerprint density at radius 3 is 2.89 bits per heavy atom. The molecule has 1 fully saturated rings. The Balaban J connectivity index is 2.03. The van der Waals surface area contributed by atoms with Gasteiger partial charge >= 0.3 is 0 Å². The van der Waals surface area contributed by atoms with Crippen molar-refractivity contribution in [2.75, 3.05) is 6.54 Å². The van der Waals surface area contributed by atoms with Gasteiger partial charge in [0.25, 0.3) is 0 Å². The Morgan fingerprint density at radius 1 is 1.58 bits per heavy atom. The summed E-state index contributed by atoms with van der Waals surface area (Å²) in [6.45, 7) is 6.26. The molecule has 1 saturated heterocycles. The first-order valence-electron chi connectivity index (χ1n) is 6.88. The van der Waals surface area contributed by atoms with Crippen LogP contribution < -0.4 is 0 Å². The number of carbonyl (C=O) groups is 1. The molecule has 1 aliphatic heterocycles. The molecule has 0 spiro atoms. The van der Waals surface area contributed by atoms with E-state index >= 15 is 0 Å². The second-order valence-electron chi connectivity index (χ2n) is 5.45. The molecular weight excluding hydrogens is 244 g/mol. The van der Waals surface area contributed by atoms with Crippen LogP contribution in [0.4, 0.5) is 0 Å². The minimum atomic E-state index is -0.363. The smallest absolute Gasteiger partial charge is 0.227 e. The van der Waals surface area contributed by atoms with Gasteiger partial charge in [0.2, 0.25) is 5.91 Å². The van der Waals surface area contributed by atoms with Crippen LogP contribution in [-0.4, -0.2) is 39.8 Å².